The van der Waals surface area contributed by atoms with Crippen LogP contribution >= 0.6 is 0 Å². The summed E-state index contributed by atoms with van der Waals surface area (Å²) in [7, 11) is 4.21. The molecule has 0 radical (unpaired) electrons. The monoisotopic (exact) mass is 246 g/mol. The van der Waals surface area contributed by atoms with Crippen LogP contribution in [0, 0.1) is 0 Å². The van der Waals surface area contributed by atoms with E-state index in [4.69, 9.17) is 0 Å². The Bertz CT molecular complexity index is 337. The number of anilines is 1. The van der Waals surface area contributed by atoms with Crippen LogP contribution in [0.2, 0.25) is 0 Å². The number of benzene rings is 1. The molecule has 0 spiro atoms. The van der Waals surface area contributed by atoms with E-state index in [1.165, 1.54) is 43.4 Å². The fraction of sp³-hybridized carbons (Fsp3) is 0.625. The second-order valence-corrected chi connectivity index (χ2v) is 5.69. The summed E-state index contributed by atoms with van der Waals surface area (Å²) in [4.78, 5) is 2.20. The van der Waals surface area contributed by atoms with Gasteiger partial charge in [-0.2, -0.15) is 0 Å². The smallest absolute Gasteiger partial charge is 0.0340 e. The number of nitrogens with zero attached hydrogens (tertiary/aromatic N) is 1. The van der Waals surface area contributed by atoms with Gasteiger partial charge in [-0.25, -0.2) is 0 Å². The third kappa shape index (κ3) is 4.02. The Kier molecular flexibility index (Phi) is 5.06. The van der Waals surface area contributed by atoms with Gasteiger partial charge in [0.1, 0.15) is 0 Å². The van der Waals surface area contributed by atoms with Crippen molar-refractivity contribution in [3.63, 3.8) is 0 Å². The highest BCUT2D eigenvalue weighted by Gasteiger charge is 2.14. The molecular formula is C16H26N2. The van der Waals surface area contributed by atoms with Crippen molar-refractivity contribution in [3.05, 3.63) is 29.8 Å². The summed E-state index contributed by atoms with van der Waals surface area (Å²) in [6, 6.07) is 9.10. The second kappa shape index (κ2) is 6.79. The lowest BCUT2D eigenvalue weighted by Crippen LogP contribution is -2.20. The highest BCUT2D eigenvalue weighted by Crippen LogP contribution is 2.32. The first-order chi connectivity index (χ1) is 8.75. The molecule has 100 valence electrons. The third-order valence-corrected chi connectivity index (χ3v) is 3.88. The van der Waals surface area contributed by atoms with Gasteiger partial charge >= 0.3 is 0 Å². The van der Waals surface area contributed by atoms with Gasteiger partial charge in [0.15, 0.2) is 0 Å². The Balaban J connectivity index is 1.84. The van der Waals surface area contributed by atoms with Crippen molar-refractivity contribution >= 4 is 5.69 Å². The molecule has 0 amide bonds. The molecule has 1 aromatic rings. The molecule has 18 heavy (non-hydrogen) atoms. The molecule has 1 aromatic carbocycles. The molecule has 1 saturated carbocycles. The van der Waals surface area contributed by atoms with E-state index in [0.29, 0.717) is 0 Å². The Labute approximate surface area is 111 Å². The number of nitrogens with one attached hydrogen (secondary N) is 1. The largest absolute Gasteiger partial charge is 0.384 e. The zero-order valence-corrected chi connectivity index (χ0v) is 11.8. The molecule has 1 aliphatic carbocycles. The molecule has 2 heteroatoms. The Morgan fingerprint density at radius 2 is 1.72 bits per heavy atom. The maximum atomic E-state index is 3.46. The zero-order chi connectivity index (χ0) is 12.8. The van der Waals surface area contributed by atoms with Crippen LogP contribution in [-0.2, 0) is 0 Å². The molecule has 2 rings (SSSR count). The first-order valence-corrected chi connectivity index (χ1v) is 7.24. The normalized spacial score (nSPS) is 17.1. The Hall–Kier alpha value is -1.02. The van der Waals surface area contributed by atoms with Gasteiger partial charge in [-0.3, -0.25) is 0 Å². The van der Waals surface area contributed by atoms with Crippen LogP contribution in [0.25, 0.3) is 0 Å². The summed E-state index contributed by atoms with van der Waals surface area (Å²) in [5.74, 6) is 0.814. The molecular weight excluding hydrogens is 220 g/mol. The van der Waals surface area contributed by atoms with E-state index in [9.17, 15) is 0 Å². The van der Waals surface area contributed by atoms with E-state index >= 15 is 0 Å². The van der Waals surface area contributed by atoms with Crippen LogP contribution in [0.4, 0.5) is 5.69 Å². The minimum atomic E-state index is 0.814. The van der Waals surface area contributed by atoms with Gasteiger partial charge in [-0.15, -0.1) is 0 Å². The summed E-state index contributed by atoms with van der Waals surface area (Å²) in [6.45, 7) is 2.08. The van der Waals surface area contributed by atoms with E-state index < -0.39 is 0 Å². The molecule has 0 unspecified atom stereocenters. The lowest BCUT2D eigenvalue weighted by atomic mass is 9.84. The van der Waals surface area contributed by atoms with E-state index in [-0.39, 0.29) is 0 Å². The van der Waals surface area contributed by atoms with Gasteiger partial charge in [0.2, 0.25) is 0 Å². The van der Waals surface area contributed by atoms with Crippen molar-refractivity contribution in [1.82, 2.24) is 4.90 Å². The minimum absolute atomic E-state index is 0.814. The van der Waals surface area contributed by atoms with E-state index in [2.05, 4.69) is 48.6 Å². The maximum Gasteiger partial charge on any atom is 0.0340 e. The fourth-order valence-corrected chi connectivity index (χ4v) is 2.73. The molecule has 0 atom stereocenters. The standard InChI is InChI=1S/C16H26N2/c1-18(2)13-12-17-16-10-8-15(9-11-16)14-6-4-3-5-7-14/h8-11,14,17H,3-7,12-13H2,1-2H3. The number of rotatable bonds is 5. The van der Waals surface area contributed by atoms with Gasteiger partial charge < -0.3 is 10.2 Å². The van der Waals surface area contributed by atoms with Gasteiger partial charge in [0, 0.05) is 18.8 Å². The molecule has 0 bridgehead atoms. The van der Waals surface area contributed by atoms with Crippen LogP contribution in [0.5, 0.6) is 0 Å². The van der Waals surface area contributed by atoms with Crippen molar-refractivity contribution in [2.75, 3.05) is 32.5 Å². The van der Waals surface area contributed by atoms with Crippen molar-refractivity contribution in [1.29, 1.82) is 0 Å². The zero-order valence-electron chi connectivity index (χ0n) is 11.8. The van der Waals surface area contributed by atoms with Crippen molar-refractivity contribution in [2.24, 2.45) is 0 Å². The van der Waals surface area contributed by atoms with E-state index in [1.807, 2.05) is 0 Å². The summed E-state index contributed by atoms with van der Waals surface area (Å²) < 4.78 is 0. The van der Waals surface area contributed by atoms with E-state index in [0.717, 1.165) is 19.0 Å². The molecule has 1 N–H and O–H groups in total. The lowest BCUT2D eigenvalue weighted by molar-refractivity contribution is 0.425. The summed E-state index contributed by atoms with van der Waals surface area (Å²) >= 11 is 0. The average Bonchev–Trinajstić information content (AvgIpc) is 2.40. The Morgan fingerprint density at radius 3 is 2.33 bits per heavy atom. The molecule has 0 aliphatic heterocycles. The topological polar surface area (TPSA) is 15.3 Å². The van der Waals surface area contributed by atoms with Crippen LogP contribution < -0.4 is 5.32 Å². The maximum absolute atomic E-state index is 3.46. The molecule has 1 aliphatic rings. The van der Waals surface area contributed by atoms with Gasteiger partial charge in [-0.1, -0.05) is 31.4 Å². The number of likely N-dealkylation sites (N-methyl/N-ethyl adjacent to an activating group) is 1. The fourth-order valence-electron chi connectivity index (χ4n) is 2.73. The quantitative estimate of drug-likeness (QED) is 0.852. The van der Waals surface area contributed by atoms with Gasteiger partial charge in [0.25, 0.3) is 0 Å². The molecule has 0 saturated heterocycles. The van der Waals surface area contributed by atoms with Gasteiger partial charge in [0.05, 0.1) is 0 Å². The van der Waals surface area contributed by atoms with Crippen LogP contribution in [-0.4, -0.2) is 32.1 Å². The molecule has 2 nitrogen and oxygen atoms in total. The van der Waals surface area contributed by atoms with Gasteiger partial charge in [-0.05, 0) is 50.6 Å². The lowest BCUT2D eigenvalue weighted by Gasteiger charge is -2.22. The first-order valence-electron chi connectivity index (χ1n) is 7.24. The summed E-state index contributed by atoms with van der Waals surface area (Å²) in [5, 5.41) is 3.46. The third-order valence-electron chi connectivity index (χ3n) is 3.88. The SMILES string of the molecule is CN(C)CCNc1ccc(C2CCCCC2)cc1. The molecule has 1 fully saturated rings. The van der Waals surface area contributed by atoms with Crippen LogP contribution in [0.3, 0.4) is 0 Å². The minimum Gasteiger partial charge on any atom is -0.384 e. The van der Waals surface area contributed by atoms with E-state index in [1.54, 1.807) is 0 Å². The predicted octanol–water partition coefficient (Wildman–Crippen LogP) is 3.71. The Morgan fingerprint density at radius 1 is 1.06 bits per heavy atom. The average molecular weight is 246 g/mol. The van der Waals surface area contributed by atoms with Crippen LogP contribution in [0.15, 0.2) is 24.3 Å². The molecule has 0 aromatic heterocycles. The van der Waals surface area contributed by atoms with Crippen LogP contribution in [0.1, 0.15) is 43.6 Å². The number of hydrogen-bond donors (Lipinski definition) is 1. The number of hydrogen-bond acceptors (Lipinski definition) is 2. The predicted molar refractivity (Wildman–Crippen MR) is 79.3 cm³/mol. The molecule has 0 heterocycles. The first kappa shape index (κ1) is 13.4. The van der Waals surface area contributed by atoms with Crippen molar-refractivity contribution in [3.8, 4) is 0 Å². The summed E-state index contributed by atoms with van der Waals surface area (Å²) in [5.41, 5.74) is 2.78. The van der Waals surface area contributed by atoms with Crippen molar-refractivity contribution < 1.29 is 0 Å². The highest BCUT2D eigenvalue weighted by molar-refractivity contribution is 5.45. The highest BCUT2D eigenvalue weighted by atomic mass is 15.1. The second-order valence-electron chi connectivity index (χ2n) is 5.69. The van der Waals surface area contributed by atoms with Crippen molar-refractivity contribution in [2.45, 2.75) is 38.0 Å². The summed E-state index contributed by atoms with van der Waals surface area (Å²) in [6.07, 6.45) is 7.02.